The molecule has 1 aromatic rings. The zero-order valence-electron chi connectivity index (χ0n) is 10.8. The lowest BCUT2D eigenvalue weighted by Gasteiger charge is -2.17. The van der Waals surface area contributed by atoms with E-state index in [-0.39, 0.29) is 20.4 Å². The van der Waals surface area contributed by atoms with Crippen molar-refractivity contribution >= 4 is 46.1 Å². The summed E-state index contributed by atoms with van der Waals surface area (Å²) >= 11 is 1.69. The topological polar surface area (TPSA) is 104 Å². The highest BCUT2D eigenvalue weighted by Gasteiger charge is 2.26. The quantitative estimate of drug-likeness (QED) is 0.542. The summed E-state index contributed by atoms with van der Waals surface area (Å²) in [6.07, 6.45) is 1.03. The van der Waals surface area contributed by atoms with Crippen molar-refractivity contribution in [3.05, 3.63) is 38.5 Å². The third-order valence-electron chi connectivity index (χ3n) is 2.80. The second-order valence-corrected chi connectivity index (χ2v) is 5.07. The first-order valence-electron chi connectivity index (χ1n) is 5.45. The molecule has 0 fully saturated rings. The minimum atomic E-state index is -1.25. The van der Waals surface area contributed by atoms with Crippen LogP contribution in [0.15, 0.2) is 12.7 Å². The molecule has 106 valence electrons. The first-order valence-corrected chi connectivity index (χ1v) is 6.52. The summed E-state index contributed by atoms with van der Waals surface area (Å²) in [4.78, 5) is 34.0. The van der Waals surface area contributed by atoms with Gasteiger partial charge in [-0.1, -0.05) is 6.58 Å². The molecule has 0 bridgehead atoms. The molecule has 0 spiro atoms. The predicted molar refractivity (Wildman–Crippen MR) is 81.4 cm³/mol. The van der Waals surface area contributed by atoms with E-state index >= 15 is 0 Å². The summed E-state index contributed by atoms with van der Waals surface area (Å²) in [6.45, 7) is 6.34. The number of carboxylic acids is 2. The van der Waals surface area contributed by atoms with Gasteiger partial charge in [0.2, 0.25) is 5.91 Å². The van der Waals surface area contributed by atoms with E-state index in [2.05, 4.69) is 11.9 Å². The van der Waals surface area contributed by atoms with Crippen LogP contribution in [0.1, 0.15) is 31.8 Å². The summed E-state index contributed by atoms with van der Waals surface area (Å²) in [5, 5.41) is 20.9. The number of hydrogen-bond donors (Lipinski definition) is 3. The number of carbonyl (C=O) groups is 3. The molecule has 0 saturated carbocycles. The lowest BCUT2D eigenvalue weighted by Crippen LogP contribution is -2.18. The Balaban J connectivity index is 3.75. The van der Waals surface area contributed by atoms with Crippen molar-refractivity contribution in [2.75, 3.05) is 5.32 Å². The van der Waals surface area contributed by atoms with Crippen molar-refractivity contribution in [3.8, 4) is 0 Å². The van der Waals surface area contributed by atoms with Gasteiger partial charge in [0, 0.05) is 9.26 Å². The number of carbonyl (C=O) groups excluding carboxylic acids is 1. The van der Waals surface area contributed by atoms with E-state index in [1.807, 2.05) is 0 Å². The molecule has 1 rings (SSSR count). The molecule has 7 heteroatoms. The van der Waals surface area contributed by atoms with Crippen molar-refractivity contribution in [1.82, 2.24) is 0 Å². The molecule has 20 heavy (non-hydrogen) atoms. The zero-order valence-corrected chi connectivity index (χ0v) is 12.9. The van der Waals surface area contributed by atoms with Gasteiger partial charge < -0.3 is 15.5 Å². The average molecular weight is 389 g/mol. The van der Waals surface area contributed by atoms with Gasteiger partial charge in [-0.05, 0) is 53.6 Å². The van der Waals surface area contributed by atoms with E-state index in [4.69, 9.17) is 0 Å². The van der Waals surface area contributed by atoms with Crippen LogP contribution in [0.5, 0.6) is 0 Å². The van der Waals surface area contributed by atoms with E-state index in [0.29, 0.717) is 11.1 Å². The molecule has 0 atom stereocenters. The molecule has 0 aliphatic heterocycles. The number of amides is 1. The Bertz CT molecular complexity index is 595. The smallest absolute Gasteiger partial charge is 0.337 e. The summed E-state index contributed by atoms with van der Waals surface area (Å²) in [6, 6.07) is 0. The molecule has 0 radical (unpaired) electrons. The number of nitrogens with one attached hydrogen (secondary N) is 1. The molecule has 1 amide bonds. The summed E-state index contributed by atoms with van der Waals surface area (Å²) in [5.74, 6) is -3.03. The fourth-order valence-corrected chi connectivity index (χ4v) is 3.13. The van der Waals surface area contributed by atoms with Gasteiger partial charge in [-0.2, -0.15) is 0 Å². The number of halogens is 1. The van der Waals surface area contributed by atoms with E-state index in [1.54, 1.807) is 22.6 Å². The van der Waals surface area contributed by atoms with E-state index in [9.17, 15) is 24.6 Å². The largest absolute Gasteiger partial charge is 0.478 e. The fraction of sp³-hybridized carbons (Fsp3) is 0.154. The van der Waals surface area contributed by atoms with Crippen LogP contribution in [-0.4, -0.2) is 28.1 Å². The molecular weight excluding hydrogens is 377 g/mol. The third-order valence-corrected chi connectivity index (χ3v) is 3.88. The number of anilines is 1. The Hall–Kier alpha value is -1.90. The second kappa shape index (κ2) is 6.04. The van der Waals surface area contributed by atoms with Crippen LogP contribution in [0.3, 0.4) is 0 Å². The lowest BCUT2D eigenvalue weighted by molar-refractivity contribution is -0.111. The van der Waals surface area contributed by atoms with Crippen LogP contribution in [0.4, 0.5) is 5.69 Å². The molecule has 0 heterocycles. The van der Waals surface area contributed by atoms with Crippen LogP contribution >= 0.6 is 22.6 Å². The van der Waals surface area contributed by atoms with Crippen LogP contribution in [-0.2, 0) is 4.79 Å². The number of rotatable bonds is 4. The molecule has 0 unspecified atom stereocenters. The first kappa shape index (κ1) is 16.2. The SMILES string of the molecule is C=CC(=O)Nc1c(C)c(C(=O)O)c(I)c(C(=O)O)c1C. The molecule has 0 aromatic heterocycles. The maximum absolute atomic E-state index is 11.4. The Morgan fingerprint density at radius 1 is 1.10 bits per heavy atom. The standard InChI is InChI=1S/C13H12INO5/c1-4-7(16)15-11-5(2)8(12(17)18)10(14)9(6(11)3)13(19)20/h4H,1H2,2-3H3,(H,15,16)(H,17,18)(H,19,20). The summed E-state index contributed by atoms with van der Waals surface area (Å²) < 4.78 is 0.134. The maximum Gasteiger partial charge on any atom is 0.337 e. The summed E-state index contributed by atoms with van der Waals surface area (Å²) in [5.41, 5.74) is 0.533. The highest BCUT2D eigenvalue weighted by Crippen LogP contribution is 2.32. The van der Waals surface area contributed by atoms with Gasteiger partial charge in [0.15, 0.2) is 0 Å². The number of hydrogen-bond acceptors (Lipinski definition) is 3. The van der Waals surface area contributed by atoms with Crippen molar-refractivity contribution in [1.29, 1.82) is 0 Å². The van der Waals surface area contributed by atoms with Gasteiger partial charge >= 0.3 is 11.9 Å². The second-order valence-electron chi connectivity index (χ2n) is 3.99. The first-order chi connectivity index (χ1) is 9.22. The minimum absolute atomic E-state index is 0.132. The lowest BCUT2D eigenvalue weighted by atomic mass is 9.96. The van der Waals surface area contributed by atoms with Crippen molar-refractivity contribution in [2.45, 2.75) is 13.8 Å². The van der Waals surface area contributed by atoms with Gasteiger partial charge in [0.25, 0.3) is 0 Å². The fourth-order valence-electron chi connectivity index (χ4n) is 1.86. The molecule has 0 saturated heterocycles. The zero-order chi connectivity index (χ0) is 15.6. The molecule has 3 N–H and O–H groups in total. The molecule has 1 aromatic carbocycles. The number of carboxylic acid groups (broad SMARTS) is 2. The van der Waals surface area contributed by atoms with Crippen molar-refractivity contribution in [2.24, 2.45) is 0 Å². The van der Waals surface area contributed by atoms with Gasteiger partial charge in [-0.15, -0.1) is 0 Å². The van der Waals surface area contributed by atoms with Gasteiger partial charge in [-0.25, -0.2) is 9.59 Å². The predicted octanol–water partition coefficient (Wildman–Crippen LogP) is 2.43. The molecular formula is C13H12INO5. The monoisotopic (exact) mass is 389 g/mol. The van der Waals surface area contributed by atoms with Crippen molar-refractivity contribution in [3.63, 3.8) is 0 Å². The van der Waals surface area contributed by atoms with Crippen LogP contribution in [0.25, 0.3) is 0 Å². The van der Waals surface area contributed by atoms with Gasteiger partial charge in [-0.3, -0.25) is 4.79 Å². The Kier molecular flexibility index (Phi) is 4.88. The van der Waals surface area contributed by atoms with Crippen LogP contribution in [0, 0.1) is 17.4 Å². The third kappa shape index (κ3) is 2.82. The van der Waals surface area contributed by atoms with E-state index in [1.165, 1.54) is 13.8 Å². The number of aromatic carboxylic acids is 2. The highest BCUT2D eigenvalue weighted by molar-refractivity contribution is 14.1. The Morgan fingerprint density at radius 3 is 1.80 bits per heavy atom. The Labute approximate surface area is 128 Å². The maximum atomic E-state index is 11.4. The van der Waals surface area contributed by atoms with Crippen LogP contribution in [0.2, 0.25) is 0 Å². The normalized spacial score (nSPS) is 9.95. The van der Waals surface area contributed by atoms with Gasteiger partial charge in [0.05, 0.1) is 11.1 Å². The van der Waals surface area contributed by atoms with Crippen LogP contribution < -0.4 is 5.32 Å². The summed E-state index contributed by atoms with van der Waals surface area (Å²) in [7, 11) is 0. The highest BCUT2D eigenvalue weighted by atomic mass is 127. The molecule has 0 aliphatic rings. The van der Waals surface area contributed by atoms with Crippen molar-refractivity contribution < 1.29 is 24.6 Å². The van der Waals surface area contributed by atoms with Gasteiger partial charge in [0.1, 0.15) is 0 Å². The van der Waals surface area contributed by atoms with E-state index in [0.717, 1.165) is 6.08 Å². The molecule has 0 aliphatic carbocycles. The average Bonchev–Trinajstić information content (AvgIpc) is 2.33. The number of benzene rings is 1. The molecule has 6 nitrogen and oxygen atoms in total. The minimum Gasteiger partial charge on any atom is -0.478 e. The van der Waals surface area contributed by atoms with E-state index < -0.39 is 17.8 Å². The Morgan fingerprint density at radius 2 is 1.50 bits per heavy atom.